The Labute approximate surface area is 120 Å². The van der Waals surface area contributed by atoms with Crippen LogP contribution in [0.15, 0.2) is 18.3 Å². The Kier molecular flexibility index (Phi) is 5.95. The second kappa shape index (κ2) is 7.24. The van der Waals surface area contributed by atoms with Crippen molar-refractivity contribution in [3.05, 3.63) is 23.9 Å². The van der Waals surface area contributed by atoms with Gasteiger partial charge in [-0.3, -0.25) is 4.79 Å². The van der Waals surface area contributed by atoms with E-state index in [1.165, 1.54) is 6.20 Å². The van der Waals surface area contributed by atoms with Gasteiger partial charge < -0.3 is 15.7 Å². The van der Waals surface area contributed by atoms with Crippen molar-refractivity contribution in [2.24, 2.45) is 5.92 Å². The molecule has 1 aromatic heterocycles. The van der Waals surface area contributed by atoms with Crippen LogP contribution < -0.4 is 10.6 Å². The average Bonchev–Trinajstić information content (AvgIpc) is 2.45. The Hall–Kier alpha value is -1.62. The third-order valence-corrected chi connectivity index (χ3v) is 3.66. The lowest BCUT2D eigenvalue weighted by Gasteiger charge is -2.30. The van der Waals surface area contributed by atoms with Gasteiger partial charge in [-0.05, 0) is 31.9 Å². The molecule has 1 aromatic rings. The Morgan fingerprint density at radius 1 is 1.45 bits per heavy atom. The number of nitrogens with zero attached hydrogens (tertiary/aromatic N) is 1. The highest BCUT2D eigenvalue weighted by atomic mass is 16.3. The summed E-state index contributed by atoms with van der Waals surface area (Å²) in [5.74, 6) is 0.726. The van der Waals surface area contributed by atoms with E-state index in [1.54, 1.807) is 12.1 Å². The summed E-state index contributed by atoms with van der Waals surface area (Å²) in [5, 5.41) is 16.1. The van der Waals surface area contributed by atoms with Crippen molar-refractivity contribution in [2.45, 2.75) is 39.7 Å². The summed E-state index contributed by atoms with van der Waals surface area (Å²) in [6.07, 6.45) is 2.45. The molecule has 2 atom stereocenters. The fraction of sp³-hybridized carbons (Fsp3) is 0.600. The maximum atomic E-state index is 11.6. The lowest BCUT2D eigenvalue weighted by Crippen LogP contribution is -2.40. The molecule has 1 rings (SSSR count). The number of anilines is 1. The molecule has 0 fully saturated rings. The van der Waals surface area contributed by atoms with Crippen LogP contribution in [0.2, 0.25) is 0 Å². The van der Waals surface area contributed by atoms with E-state index in [-0.39, 0.29) is 11.8 Å². The monoisotopic (exact) mass is 279 g/mol. The number of carbonyl (C=O) groups is 1. The van der Waals surface area contributed by atoms with Crippen molar-refractivity contribution in [3.8, 4) is 0 Å². The molecular weight excluding hydrogens is 254 g/mol. The average molecular weight is 279 g/mol. The van der Waals surface area contributed by atoms with Crippen LogP contribution in [0.3, 0.4) is 0 Å². The Morgan fingerprint density at radius 3 is 2.65 bits per heavy atom. The van der Waals surface area contributed by atoms with Crippen LogP contribution in [-0.4, -0.2) is 34.7 Å². The molecule has 5 heteroatoms. The molecule has 0 saturated heterocycles. The van der Waals surface area contributed by atoms with E-state index in [0.717, 1.165) is 6.42 Å². The van der Waals surface area contributed by atoms with Gasteiger partial charge in [-0.25, -0.2) is 4.98 Å². The lowest BCUT2D eigenvalue weighted by atomic mass is 9.89. The van der Waals surface area contributed by atoms with Crippen molar-refractivity contribution in [3.63, 3.8) is 0 Å². The molecule has 0 radical (unpaired) electrons. The largest absolute Gasteiger partial charge is 0.388 e. The number of nitrogens with one attached hydrogen (secondary N) is 2. The molecule has 112 valence electrons. The zero-order valence-electron chi connectivity index (χ0n) is 12.7. The SMILES string of the molecule is CCNC(=O)c1ccc(NCC(C)(O)C(C)CC)nc1. The number of aliphatic hydroxyl groups is 1. The highest BCUT2D eigenvalue weighted by Gasteiger charge is 2.26. The minimum Gasteiger partial charge on any atom is -0.388 e. The van der Waals surface area contributed by atoms with Crippen LogP contribution in [-0.2, 0) is 0 Å². The maximum absolute atomic E-state index is 11.6. The second-order valence-electron chi connectivity index (χ2n) is 5.31. The van der Waals surface area contributed by atoms with Gasteiger partial charge in [0.1, 0.15) is 5.82 Å². The Bertz CT molecular complexity index is 429. The first-order valence-corrected chi connectivity index (χ1v) is 7.11. The van der Waals surface area contributed by atoms with Crippen molar-refractivity contribution in [1.82, 2.24) is 10.3 Å². The van der Waals surface area contributed by atoms with Gasteiger partial charge in [0, 0.05) is 19.3 Å². The minimum atomic E-state index is -0.783. The maximum Gasteiger partial charge on any atom is 0.252 e. The van der Waals surface area contributed by atoms with Crippen molar-refractivity contribution >= 4 is 11.7 Å². The van der Waals surface area contributed by atoms with E-state index in [9.17, 15) is 9.90 Å². The van der Waals surface area contributed by atoms with Crippen molar-refractivity contribution < 1.29 is 9.90 Å². The van der Waals surface area contributed by atoms with E-state index in [0.29, 0.717) is 24.5 Å². The molecule has 20 heavy (non-hydrogen) atoms. The highest BCUT2D eigenvalue weighted by molar-refractivity contribution is 5.93. The van der Waals surface area contributed by atoms with Gasteiger partial charge in [0.25, 0.3) is 5.91 Å². The number of aromatic nitrogens is 1. The van der Waals surface area contributed by atoms with E-state index in [1.807, 2.05) is 20.8 Å². The summed E-state index contributed by atoms with van der Waals surface area (Å²) < 4.78 is 0. The number of amides is 1. The van der Waals surface area contributed by atoms with Gasteiger partial charge >= 0.3 is 0 Å². The third kappa shape index (κ3) is 4.49. The molecule has 2 unspecified atom stereocenters. The lowest BCUT2D eigenvalue weighted by molar-refractivity contribution is 0.0175. The van der Waals surface area contributed by atoms with Crippen molar-refractivity contribution in [1.29, 1.82) is 0 Å². The molecular formula is C15H25N3O2. The Morgan fingerprint density at radius 2 is 2.15 bits per heavy atom. The minimum absolute atomic E-state index is 0.127. The first-order chi connectivity index (χ1) is 9.40. The van der Waals surface area contributed by atoms with Gasteiger partial charge in [-0.1, -0.05) is 20.3 Å². The molecule has 0 saturated carbocycles. The Balaban J connectivity index is 2.60. The van der Waals surface area contributed by atoms with E-state index in [4.69, 9.17) is 0 Å². The summed E-state index contributed by atoms with van der Waals surface area (Å²) in [7, 11) is 0. The molecule has 3 N–H and O–H groups in total. The summed E-state index contributed by atoms with van der Waals surface area (Å²) in [6.45, 7) is 8.79. The van der Waals surface area contributed by atoms with Gasteiger partial charge in [-0.15, -0.1) is 0 Å². The molecule has 0 spiro atoms. The van der Waals surface area contributed by atoms with Gasteiger partial charge in [-0.2, -0.15) is 0 Å². The number of rotatable bonds is 7. The van der Waals surface area contributed by atoms with Crippen LogP contribution in [0.1, 0.15) is 44.5 Å². The summed E-state index contributed by atoms with van der Waals surface area (Å²) in [4.78, 5) is 15.8. The molecule has 0 aliphatic heterocycles. The molecule has 0 aromatic carbocycles. The first-order valence-electron chi connectivity index (χ1n) is 7.11. The zero-order valence-corrected chi connectivity index (χ0v) is 12.7. The highest BCUT2D eigenvalue weighted by Crippen LogP contribution is 2.20. The van der Waals surface area contributed by atoms with Crippen LogP contribution in [0.25, 0.3) is 0 Å². The third-order valence-electron chi connectivity index (χ3n) is 3.66. The number of hydrogen-bond donors (Lipinski definition) is 3. The quantitative estimate of drug-likeness (QED) is 0.714. The predicted octanol–water partition coefficient (Wildman–Crippen LogP) is 2.04. The molecule has 5 nitrogen and oxygen atoms in total. The number of hydrogen-bond acceptors (Lipinski definition) is 4. The van der Waals surface area contributed by atoms with Crippen molar-refractivity contribution in [2.75, 3.05) is 18.4 Å². The summed E-state index contributed by atoms with van der Waals surface area (Å²) >= 11 is 0. The summed E-state index contributed by atoms with van der Waals surface area (Å²) in [5.41, 5.74) is -0.250. The molecule has 1 heterocycles. The molecule has 1 amide bonds. The topological polar surface area (TPSA) is 74.2 Å². The fourth-order valence-electron chi connectivity index (χ4n) is 1.78. The first kappa shape index (κ1) is 16.4. The predicted molar refractivity (Wildman–Crippen MR) is 80.8 cm³/mol. The van der Waals surface area contributed by atoms with Gasteiger partial charge in [0.2, 0.25) is 0 Å². The zero-order chi connectivity index (χ0) is 15.2. The van der Waals surface area contributed by atoms with E-state index >= 15 is 0 Å². The fourth-order valence-corrected chi connectivity index (χ4v) is 1.78. The van der Waals surface area contributed by atoms with Crippen LogP contribution in [0.4, 0.5) is 5.82 Å². The number of pyridine rings is 1. The van der Waals surface area contributed by atoms with Crippen LogP contribution in [0, 0.1) is 5.92 Å². The number of carbonyl (C=O) groups excluding carboxylic acids is 1. The van der Waals surface area contributed by atoms with E-state index in [2.05, 4.69) is 22.5 Å². The van der Waals surface area contributed by atoms with E-state index < -0.39 is 5.60 Å². The standard InChI is InChI=1S/C15H25N3O2/c1-5-11(3)15(4,20)10-18-13-8-7-12(9-17-13)14(19)16-6-2/h7-9,11,20H,5-6,10H2,1-4H3,(H,16,19)(H,17,18). The van der Waals surface area contributed by atoms with Crippen LogP contribution in [0.5, 0.6) is 0 Å². The van der Waals surface area contributed by atoms with Gasteiger partial charge in [0.15, 0.2) is 0 Å². The molecule has 0 aliphatic carbocycles. The normalized spacial score (nSPS) is 15.2. The second-order valence-corrected chi connectivity index (χ2v) is 5.31. The van der Waals surface area contributed by atoms with Crippen LogP contribution >= 0.6 is 0 Å². The van der Waals surface area contributed by atoms with Gasteiger partial charge in [0.05, 0.1) is 11.2 Å². The smallest absolute Gasteiger partial charge is 0.252 e. The molecule has 0 bridgehead atoms. The molecule has 0 aliphatic rings. The summed E-state index contributed by atoms with van der Waals surface area (Å²) in [6, 6.07) is 3.47.